The van der Waals surface area contributed by atoms with Crippen LogP contribution < -0.4 is 5.32 Å². The maximum atomic E-state index is 13.0. The molecule has 19 heavy (non-hydrogen) atoms. The Morgan fingerprint density at radius 2 is 1.89 bits per heavy atom. The van der Waals surface area contributed by atoms with Crippen LogP contribution in [0.4, 0.5) is 10.1 Å². The molecule has 0 aliphatic heterocycles. The van der Waals surface area contributed by atoms with Crippen molar-refractivity contribution in [3.05, 3.63) is 63.4 Å². The van der Waals surface area contributed by atoms with Crippen molar-refractivity contribution >= 4 is 27.5 Å². The number of nitrogens with one attached hydrogen (secondary N) is 1. The largest absolute Gasteiger partial charge is 0.322 e. The first-order valence-electron chi connectivity index (χ1n) is 5.81. The van der Waals surface area contributed by atoms with Crippen LogP contribution in [0, 0.1) is 19.7 Å². The average molecular weight is 322 g/mol. The number of carbonyl (C=O) groups is 1. The fourth-order valence-electron chi connectivity index (χ4n) is 1.77. The molecule has 1 N–H and O–H groups in total. The van der Waals surface area contributed by atoms with Gasteiger partial charge in [-0.1, -0.05) is 11.6 Å². The molecule has 98 valence electrons. The molecule has 0 unspecified atom stereocenters. The predicted octanol–water partition coefficient (Wildman–Crippen LogP) is 4.46. The lowest BCUT2D eigenvalue weighted by Crippen LogP contribution is -2.13. The lowest BCUT2D eigenvalue weighted by molar-refractivity contribution is 0.102. The van der Waals surface area contributed by atoms with Gasteiger partial charge in [0.15, 0.2) is 0 Å². The SMILES string of the molecule is Cc1ccc(Br)c(C(=O)Nc2ccc(F)cc2C)c1. The van der Waals surface area contributed by atoms with Crippen LogP contribution in [0.5, 0.6) is 0 Å². The van der Waals surface area contributed by atoms with E-state index in [1.165, 1.54) is 12.1 Å². The maximum Gasteiger partial charge on any atom is 0.256 e. The Balaban J connectivity index is 2.28. The molecule has 2 rings (SSSR count). The zero-order valence-corrected chi connectivity index (χ0v) is 12.2. The van der Waals surface area contributed by atoms with Gasteiger partial charge in [-0.05, 0) is 65.7 Å². The van der Waals surface area contributed by atoms with Crippen molar-refractivity contribution in [3.63, 3.8) is 0 Å². The number of hydrogen-bond acceptors (Lipinski definition) is 1. The van der Waals surface area contributed by atoms with E-state index in [4.69, 9.17) is 0 Å². The first-order valence-corrected chi connectivity index (χ1v) is 6.60. The van der Waals surface area contributed by atoms with E-state index in [0.717, 1.165) is 10.0 Å². The van der Waals surface area contributed by atoms with Gasteiger partial charge in [0.25, 0.3) is 5.91 Å². The molecule has 0 aliphatic rings. The van der Waals surface area contributed by atoms with E-state index in [-0.39, 0.29) is 11.7 Å². The molecule has 0 saturated carbocycles. The van der Waals surface area contributed by atoms with Gasteiger partial charge in [-0.3, -0.25) is 4.79 Å². The van der Waals surface area contributed by atoms with Crippen molar-refractivity contribution < 1.29 is 9.18 Å². The number of benzene rings is 2. The maximum absolute atomic E-state index is 13.0. The minimum absolute atomic E-state index is 0.217. The Kier molecular flexibility index (Phi) is 4.00. The highest BCUT2D eigenvalue weighted by molar-refractivity contribution is 9.10. The van der Waals surface area contributed by atoms with Crippen LogP contribution in [-0.4, -0.2) is 5.91 Å². The third-order valence-corrected chi connectivity index (χ3v) is 3.49. The minimum Gasteiger partial charge on any atom is -0.322 e. The van der Waals surface area contributed by atoms with Gasteiger partial charge in [0.2, 0.25) is 0 Å². The topological polar surface area (TPSA) is 29.1 Å². The van der Waals surface area contributed by atoms with Crippen molar-refractivity contribution in [1.82, 2.24) is 0 Å². The zero-order chi connectivity index (χ0) is 14.0. The second-order valence-corrected chi connectivity index (χ2v) is 5.25. The van der Waals surface area contributed by atoms with Gasteiger partial charge in [-0.15, -0.1) is 0 Å². The summed E-state index contributed by atoms with van der Waals surface area (Å²) in [5.41, 5.74) is 2.87. The average Bonchev–Trinajstić information content (AvgIpc) is 2.35. The summed E-state index contributed by atoms with van der Waals surface area (Å²) < 4.78 is 13.7. The lowest BCUT2D eigenvalue weighted by atomic mass is 10.1. The van der Waals surface area contributed by atoms with Crippen LogP contribution in [0.3, 0.4) is 0 Å². The molecular weight excluding hydrogens is 309 g/mol. The van der Waals surface area contributed by atoms with Gasteiger partial charge < -0.3 is 5.32 Å². The van der Waals surface area contributed by atoms with E-state index < -0.39 is 0 Å². The van der Waals surface area contributed by atoms with Crippen molar-refractivity contribution in [2.24, 2.45) is 0 Å². The molecule has 0 atom stereocenters. The monoisotopic (exact) mass is 321 g/mol. The number of halogens is 2. The molecule has 0 spiro atoms. The van der Waals surface area contributed by atoms with Crippen LogP contribution in [0.1, 0.15) is 21.5 Å². The molecule has 2 aromatic rings. The third-order valence-electron chi connectivity index (χ3n) is 2.80. The summed E-state index contributed by atoms with van der Waals surface area (Å²) in [6, 6.07) is 9.84. The van der Waals surface area contributed by atoms with Gasteiger partial charge in [0.05, 0.1) is 5.56 Å². The Bertz CT molecular complexity index is 640. The molecule has 0 heterocycles. The van der Waals surface area contributed by atoms with Crippen molar-refractivity contribution in [3.8, 4) is 0 Å². The summed E-state index contributed by atoms with van der Waals surface area (Å²) in [5, 5.41) is 2.79. The van der Waals surface area contributed by atoms with Crippen LogP contribution >= 0.6 is 15.9 Å². The second-order valence-electron chi connectivity index (χ2n) is 4.40. The first-order chi connectivity index (χ1) is 8.97. The van der Waals surface area contributed by atoms with Crippen molar-refractivity contribution in [2.75, 3.05) is 5.32 Å². The number of rotatable bonds is 2. The smallest absolute Gasteiger partial charge is 0.256 e. The van der Waals surface area contributed by atoms with Crippen molar-refractivity contribution in [1.29, 1.82) is 0 Å². The van der Waals surface area contributed by atoms with E-state index in [1.807, 2.05) is 19.1 Å². The summed E-state index contributed by atoms with van der Waals surface area (Å²) in [6.07, 6.45) is 0. The highest BCUT2D eigenvalue weighted by Gasteiger charge is 2.11. The molecule has 0 aliphatic carbocycles. The van der Waals surface area contributed by atoms with Gasteiger partial charge >= 0.3 is 0 Å². The Hall–Kier alpha value is -1.68. The van der Waals surface area contributed by atoms with Crippen molar-refractivity contribution in [2.45, 2.75) is 13.8 Å². The van der Waals surface area contributed by atoms with Gasteiger partial charge in [0, 0.05) is 10.2 Å². The summed E-state index contributed by atoms with van der Waals surface area (Å²) in [4.78, 5) is 12.2. The molecule has 2 nitrogen and oxygen atoms in total. The van der Waals surface area contributed by atoms with Crippen LogP contribution in [0.25, 0.3) is 0 Å². The standard InChI is InChI=1S/C15H13BrFNO/c1-9-3-5-13(16)12(7-9)15(19)18-14-6-4-11(17)8-10(14)2/h3-8H,1-2H3,(H,18,19). The minimum atomic E-state index is -0.313. The molecule has 0 fully saturated rings. The third kappa shape index (κ3) is 3.20. The fourth-order valence-corrected chi connectivity index (χ4v) is 2.20. The molecular formula is C15H13BrFNO. The number of amides is 1. The quantitative estimate of drug-likeness (QED) is 0.869. The van der Waals surface area contributed by atoms with Crippen LogP contribution in [0.15, 0.2) is 40.9 Å². The molecule has 2 aromatic carbocycles. The van der Waals surface area contributed by atoms with Gasteiger partial charge in [-0.25, -0.2) is 4.39 Å². The summed E-state index contributed by atoms with van der Waals surface area (Å²) >= 11 is 3.35. The van der Waals surface area contributed by atoms with E-state index >= 15 is 0 Å². The molecule has 0 bridgehead atoms. The predicted molar refractivity (Wildman–Crippen MR) is 78.0 cm³/mol. The molecule has 4 heteroatoms. The molecule has 0 aromatic heterocycles. The highest BCUT2D eigenvalue weighted by Crippen LogP contribution is 2.21. The molecule has 1 amide bonds. The number of carbonyl (C=O) groups excluding carboxylic acids is 1. The Labute approximate surface area is 119 Å². The van der Waals surface area contributed by atoms with Gasteiger partial charge in [-0.2, -0.15) is 0 Å². The van der Waals surface area contributed by atoms with E-state index in [9.17, 15) is 9.18 Å². The second kappa shape index (κ2) is 5.53. The normalized spacial score (nSPS) is 10.3. The van der Waals surface area contributed by atoms with Gasteiger partial charge in [0.1, 0.15) is 5.82 Å². The van der Waals surface area contributed by atoms with Crippen LogP contribution in [-0.2, 0) is 0 Å². The summed E-state index contributed by atoms with van der Waals surface area (Å²) in [6.45, 7) is 3.68. The van der Waals surface area contributed by atoms with E-state index in [1.54, 1.807) is 19.1 Å². The number of anilines is 1. The Morgan fingerprint density at radius 3 is 2.58 bits per heavy atom. The Morgan fingerprint density at radius 1 is 1.16 bits per heavy atom. The molecule has 0 saturated heterocycles. The van der Waals surface area contributed by atoms with Crippen LogP contribution in [0.2, 0.25) is 0 Å². The lowest BCUT2D eigenvalue weighted by Gasteiger charge is -2.10. The summed E-state index contributed by atoms with van der Waals surface area (Å²) in [7, 11) is 0. The van der Waals surface area contributed by atoms with E-state index in [2.05, 4.69) is 21.2 Å². The number of aryl methyl sites for hydroxylation is 2. The fraction of sp³-hybridized carbons (Fsp3) is 0.133. The van der Waals surface area contributed by atoms with E-state index in [0.29, 0.717) is 16.8 Å². The summed E-state index contributed by atoms with van der Waals surface area (Å²) in [5.74, 6) is -0.530. The number of hydrogen-bond donors (Lipinski definition) is 1. The molecule has 0 radical (unpaired) electrons. The first kappa shape index (κ1) is 13.7. The highest BCUT2D eigenvalue weighted by atomic mass is 79.9. The zero-order valence-electron chi connectivity index (χ0n) is 10.6.